The molecular weight excluding hydrogens is 799 g/mol. The highest BCUT2D eigenvalue weighted by Crippen LogP contribution is 2.55. The Morgan fingerprint density at radius 1 is 0.714 bits per heavy atom. The van der Waals surface area contributed by atoms with Crippen LogP contribution in [0.25, 0.3) is 44.7 Å². The molecule has 3 aromatic heterocycles. The highest BCUT2D eigenvalue weighted by atomic mass is 16.5. The number of amides is 4. The van der Waals surface area contributed by atoms with E-state index >= 15 is 0 Å². The number of alkyl carbamates (subject to hydrolysis) is 2. The van der Waals surface area contributed by atoms with E-state index in [0.29, 0.717) is 24.9 Å². The van der Waals surface area contributed by atoms with Gasteiger partial charge in [-0.3, -0.25) is 14.6 Å². The van der Waals surface area contributed by atoms with Crippen LogP contribution in [0.15, 0.2) is 54.9 Å². The third kappa shape index (κ3) is 7.79. The first kappa shape index (κ1) is 42.1. The second-order valence-electron chi connectivity index (χ2n) is 18.3. The molecule has 1 saturated carbocycles. The van der Waals surface area contributed by atoms with Gasteiger partial charge in [0.05, 0.1) is 54.9 Å². The fraction of sp³-hybridized carbons (Fsp3) is 0.479. The topological polar surface area (TPSA) is 188 Å². The predicted molar refractivity (Wildman–Crippen MR) is 237 cm³/mol. The van der Waals surface area contributed by atoms with Gasteiger partial charge >= 0.3 is 12.2 Å². The molecule has 15 heteroatoms. The van der Waals surface area contributed by atoms with Crippen molar-refractivity contribution in [2.75, 3.05) is 27.3 Å². The first-order valence-corrected chi connectivity index (χ1v) is 22.4. The first-order valence-electron chi connectivity index (χ1n) is 22.4. The minimum atomic E-state index is -0.694. The smallest absolute Gasteiger partial charge is 0.407 e. The quantitative estimate of drug-likeness (QED) is 0.103. The summed E-state index contributed by atoms with van der Waals surface area (Å²) in [5.41, 5.74) is 10.7. The molecule has 5 heterocycles. The Bertz CT molecular complexity index is 2550. The maximum Gasteiger partial charge on any atom is 0.407 e. The molecule has 9 rings (SSSR count). The van der Waals surface area contributed by atoms with Crippen molar-refractivity contribution < 1.29 is 28.7 Å². The normalized spacial score (nSPS) is 21.3. The van der Waals surface area contributed by atoms with Crippen LogP contribution in [0.1, 0.15) is 107 Å². The Morgan fingerprint density at radius 2 is 1.32 bits per heavy atom. The molecule has 4 amide bonds. The molecule has 330 valence electrons. The van der Waals surface area contributed by atoms with Crippen LogP contribution >= 0.6 is 0 Å². The number of methoxy groups -OCH3 is 2. The largest absolute Gasteiger partial charge is 0.453 e. The number of aromatic nitrogens is 5. The molecule has 4 N–H and O–H groups in total. The van der Waals surface area contributed by atoms with Gasteiger partial charge in [0.2, 0.25) is 11.8 Å². The van der Waals surface area contributed by atoms with E-state index in [1.807, 2.05) is 49.9 Å². The second-order valence-corrected chi connectivity index (χ2v) is 18.3. The summed E-state index contributed by atoms with van der Waals surface area (Å²) in [6, 6.07) is 13.0. The van der Waals surface area contributed by atoms with Crippen molar-refractivity contribution in [3.63, 3.8) is 0 Å². The Hall–Kier alpha value is -6.25. The number of nitrogens with one attached hydrogen (secondary N) is 4. The molecule has 6 atom stereocenters. The van der Waals surface area contributed by atoms with Crippen LogP contribution in [0.2, 0.25) is 0 Å². The third-order valence-electron chi connectivity index (χ3n) is 13.8. The van der Waals surface area contributed by atoms with Crippen molar-refractivity contribution in [3.05, 3.63) is 77.6 Å². The Balaban J connectivity index is 0.946. The molecule has 3 fully saturated rings. The Kier molecular flexibility index (Phi) is 11.4. The fourth-order valence-electron chi connectivity index (χ4n) is 10.3. The average Bonchev–Trinajstić information content (AvgIpc) is 4.13. The summed E-state index contributed by atoms with van der Waals surface area (Å²) in [6.45, 7) is 8.85. The minimum Gasteiger partial charge on any atom is -0.453 e. The molecule has 2 aliphatic heterocycles. The summed E-state index contributed by atoms with van der Waals surface area (Å²) >= 11 is 0. The zero-order valence-electron chi connectivity index (χ0n) is 36.9. The molecular formula is C48H57N9O6. The number of likely N-dealkylation sites (tertiary alicyclic amines) is 2. The number of nitrogens with zero attached hydrogens (tertiary/aromatic N) is 5. The molecule has 0 radical (unpaired) electrons. The van der Waals surface area contributed by atoms with Crippen molar-refractivity contribution in [3.8, 4) is 33.6 Å². The predicted octanol–water partition coefficient (Wildman–Crippen LogP) is 7.82. The van der Waals surface area contributed by atoms with Gasteiger partial charge < -0.3 is 39.9 Å². The number of aromatic amines is 2. The van der Waals surface area contributed by atoms with E-state index in [4.69, 9.17) is 24.4 Å². The number of H-pyrrole nitrogens is 2. The van der Waals surface area contributed by atoms with Crippen LogP contribution in [0.3, 0.4) is 0 Å². The van der Waals surface area contributed by atoms with E-state index < -0.39 is 24.3 Å². The lowest BCUT2D eigenvalue weighted by atomic mass is 9.73. The van der Waals surface area contributed by atoms with E-state index in [1.165, 1.54) is 31.8 Å². The minimum absolute atomic E-state index is 0.107. The van der Waals surface area contributed by atoms with Crippen molar-refractivity contribution in [2.24, 2.45) is 17.8 Å². The van der Waals surface area contributed by atoms with Crippen LogP contribution in [-0.2, 0) is 25.5 Å². The second kappa shape index (κ2) is 17.1. The molecule has 15 nitrogen and oxygen atoms in total. The number of rotatable bonds is 11. The SMILES string of the molecule is COC(=O)NC(C(=O)N1CCCC1c1ncc(-c2ccc(-c3ncc(-c4ccc5nc(C6CCCN6C(=O)C(NC(=O)OC)C(C)C)[nH]c5c4)c4c3C3CCC3C4)cc2)[nH]1)C(C)C. The molecule has 63 heavy (non-hydrogen) atoms. The number of benzene rings is 2. The maximum absolute atomic E-state index is 13.8. The van der Waals surface area contributed by atoms with E-state index in [1.54, 1.807) is 0 Å². The molecule has 5 aromatic rings. The van der Waals surface area contributed by atoms with Crippen molar-refractivity contribution >= 4 is 35.0 Å². The monoisotopic (exact) mass is 855 g/mol. The van der Waals surface area contributed by atoms with Crippen LogP contribution in [-0.4, -0.2) is 98.1 Å². The number of pyridine rings is 1. The summed E-state index contributed by atoms with van der Waals surface area (Å²) in [5.74, 6) is 2.11. The molecule has 2 aromatic carbocycles. The van der Waals surface area contributed by atoms with Crippen molar-refractivity contribution in [1.82, 2.24) is 45.4 Å². The van der Waals surface area contributed by atoms with Crippen molar-refractivity contribution in [2.45, 2.75) is 103 Å². The highest BCUT2D eigenvalue weighted by molar-refractivity contribution is 5.88. The van der Waals surface area contributed by atoms with E-state index in [-0.39, 0.29) is 35.7 Å². The van der Waals surface area contributed by atoms with Crippen LogP contribution in [0.4, 0.5) is 9.59 Å². The van der Waals surface area contributed by atoms with Gasteiger partial charge in [-0.1, -0.05) is 58.0 Å². The Labute approximate surface area is 367 Å². The molecule has 6 unspecified atom stereocenters. The number of hydrogen-bond donors (Lipinski definition) is 4. The van der Waals surface area contributed by atoms with Gasteiger partial charge in [-0.15, -0.1) is 0 Å². The van der Waals surface area contributed by atoms with Gasteiger partial charge in [0.25, 0.3) is 0 Å². The number of imidazole rings is 2. The van der Waals surface area contributed by atoms with E-state index in [0.717, 1.165) is 94.8 Å². The first-order chi connectivity index (χ1) is 30.4. The number of carbonyl (C=O) groups is 4. The van der Waals surface area contributed by atoms with Gasteiger partial charge in [0.1, 0.15) is 23.7 Å². The third-order valence-corrected chi connectivity index (χ3v) is 13.8. The van der Waals surface area contributed by atoms with Gasteiger partial charge in [-0.05, 0) is 103 Å². The van der Waals surface area contributed by atoms with Gasteiger partial charge in [0, 0.05) is 30.4 Å². The van der Waals surface area contributed by atoms with Crippen molar-refractivity contribution in [1.29, 1.82) is 0 Å². The number of carbonyl (C=O) groups excluding carboxylic acids is 4. The summed E-state index contributed by atoms with van der Waals surface area (Å²) in [6.07, 6.45) is 9.30. The molecule has 4 aliphatic rings. The summed E-state index contributed by atoms with van der Waals surface area (Å²) in [7, 11) is 2.60. The van der Waals surface area contributed by atoms with E-state index in [2.05, 4.69) is 63.1 Å². The summed E-state index contributed by atoms with van der Waals surface area (Å²) < 4.78 is 9.60. The molecule has 2 saturated heterocycles. The number of ether oxygens (including phenoxy) is 2. The lowest BCUT2D eigenvalue weighted by molar-refractivity contribution is -0.136. The highest BCUT2D eigenvalue weighted by Gasteiger charge is 2.43. The van der Waals surface area contributed by atoms with Crippen LogP contribution < -0.4 is 10.6 Å². The summed E-state index contributed by atoms with van der Waals surface area (Å²) in [5, 5.41) is 5.45. The van der Waals surface area contributed by atoms with E-state index in [9.17, 15) is 19.2 Å². The average molecular weight is 856 g/mol. The molecule has 0 spiro atoms. The van der Waals surface area contributed by atoms with Gasteiger partial charge in [-0.2, -0.15) is 0 Å². The lowest BCUT2D eigenvalue weighted by Crippen LogP contribution is -2.51. The summed E-state index contributed by atoms with van der Waals surface area (Å²) in [4.78, 5) is 77.2. The number of hydrogen-bond acceptors (Lipinski definition) is 9. The standard InChI is InChI=1S/C48H57N9O6/c1-25(2)40(54-47(60)62-5)45(58)56-19-7-9-37(56)43-50-24-36(53-43)27-11-13-28(14-12-27)42-39-31-17-15-29(31)21-32(39)33(23-49-42)30-16-18-34-35(22-30)52-44(51-34)38-10-8-20-57(38)46(59)41(26(3)4)55-48(61)63-6/h11-14,16,18,22-26,29,31,37-38,40-41H,7-10,15,17,19-21H2,1-6H3,(H,50,53)(H,51,52)(H,54,60)(H,55,61). The Morgan fingerprint density at radius 3 is 1.90 bits per heavy atom. The zero-order valence-corrected chi connectivity index (χ0v) is 36.9. The molecule has 2 aliphatic carbocycles. The maximum atomic E-state index is 13.8. The van der Waals surface area contributed by atoms with Crippen LogP contribution in [0, 0.1) is 17.8 Å². The number of fused-ring (bicyclic) bond motifs is 4. The lowest BCUT2D eigenvalue weighted by Gasteiger charge is -2.31. The van der Waals surface area contributed by atoms with Gasteiger partial charge in [0.15, 0.2) is 0 Å². The fourth-order valence-corrected chi connectivity index (χ4v) is 10.3. The van der Waals surface area contributed by atoms with Crippen LogP contribution in [0.5, 0.6) is 0 Å². The molecule has 0 bridgehead atoms. The van der Waals surface area contributed by atoms with Gasteiger partial charge in [-0.25, -0.2) is 19.6 Å². The zero-order chi connectivity index (χ0) is 44.1.